The van der Waals surface area contributed by atoms with E-state index in [1.807, 2.05) is 12.3 Å². The van der Waals surface area contributed by atoms with Gasteiger partial charge in [-0.25, -0.2) is 4.98 Å². The van der Waals surface area contributed by atoms with Gasteiger partial charge in [0, 0.05) is 5.38 Å². The van der Waals surface area contributed by atoms with Gasteiger partial charge in [-0.15, -0.1) is 11.3 Å². The molecule has 0 spiro atoms. The zero-order valence-corrected chi connectivity index (χ0v) is 10.9. The van der Waals surface area contributed by atoms with Crippen LogP contribution < -0.4 is 5.32 Å². The molecule has 1 amide bonds. The van der Waals surface area contributed by atoms with Crippen LogP contribution in [0.1, 0.15) is 18.5 Å². The summed E-state index contributed by atoms with van der Waals surface area (Å²) in [6, 6.07) is -0.534. The molecule has 2 heterocycles. The fourth-order valence-electron chi connectivity index (χ4n) is 2.05. The van der Waals surface area contributed by atoms with E-state index in [0.29, 0.717) is 18.1 Å². The number of carboxylic acids is 1. The number of carbonyl (C=O) groups is 2. The third kappa shape index (κ3) is 3.05. The van der Waals surface area contributed by atoms with E-state index in [2.05, 4.69) is 10.3 Å². The Morgan fingerprint density at radius 3 is 3.06 bits per heavy atom. The Morgan fingerprint density at radius 1 is 1.67 bits per heavy atom. The van der Waals surface area contributed by atoms with Gasteiger partial charge in [0.05, 0.1) is 12.2 Å². The molecular weight excluding hydrogens is 254 g/mol. The number of rotatable bonds is 4. The quantitative estimate of drug-likeness (QED) is 0.850. The maximum Gasteiger partial charge on any atom is 0.320 e. The molecule has 2 rings (SSSR count). The van der Waals surface area contributed by atoms with Gasteiger partial charge in [-0.1, -0.05) is 0 Å². The lowest BCUT2D eigenvalue weighted by Gasteiger charge is -2.19. The number of hydrogen-bond donors (Lipinski definition) is 2. The highest BCUT2D eigenvalue weighted by Crippen LogP contribution is 2.18. The largest absolute Gasteiger partial charge is 0.480 e. The van der Waals surface area contributed by atoms with E-state index in [0.717, 1.165) is 12.1 Å². The number of hydrogen-bond acceptors (Lipinski definition) is 5. The number of aliphatic carboxylic acids is 1. The molecule has 0 unspecified atom stereocenters. The molecule has 1 aromatic heterocycles. The molecule has 1 aromatic rings. The van der Waals surface area contributed by atoms with Crippen LogP contribution in [0.2, 0.25) is 0 Å². The first-order valence-corrected chi connectivity index (χ1v) is 6.63. The standard InChI is InChI=1S/C11H15N3O3S/c1-7-6-18-11(12-7)13-9(15)5-14-4-2-3-8(14)10(16)17/h6,8H,2-5H2,1H3,(H,16,17)(H,12,13,15)/t8-/m0/s1. The summed E-state index contributed by atoms with van der Waals surface area (Å²) in [5, 5.41) is 14.1. The van der Waals surface area contributed by atoms with Crippen molar-refractivity contribution in [1.29, 1.82) is 0 Å². The lowest BCUT2D eigenvalue weighted by Crippen LogP contribution is -2.40. The summed E-state index contributed by atoms with van der Waals surface area (Å²) < 4.78 is 0. The number of nitrogens with zero attached hydrogens (tertiary/aromatic N) is 2. The van der Waals surface area contributed by atoms with E-state index >= 15 is 0 Å². The number of carbonyl (C=O) groups excluding carboxylic acids is 1. The Labute approximate surface area is 109 Å². The van der Waals surface area contributed by atoms with Gasteiger partial charge in [0.1, 0.15) is 6.04 Å². The number of carboxylic acid groups (broad SMARTS) is 1. The molecule has 1 fully saturated rings. The van der Waals surface area contributed by atoms with Crippen LogP contribution >= 0.6 is 11.3 Å². The Hall–Kier alpha value is -1.47. The summed E-state index contributed by atoms with van der Waals surface area (Å²) in [6.07, 6.45) is 1.43. The van der Waals surface area contributed by atoms with Crippen LogP contribution in [0.25, 0.3) is 0 Å². The van der Waals surface area contributed by atoms with E-state index in [1.165, 1.54) is 11.3 Å². The molecule has 1 aliphatic heterocycles. The zero-order chi connectivity index (χ0) is 13.1. The predicted molar refractivity (Wildman–Crippen MR) is 67.7 cm³/mol. The van der Waals surface area contributed by atoms with Crippen molar-refractivity contribution in [3.63, 3.8) is 0 Å². The maximum absolute atomic E-state index is 11.8. The minimum atomic E-state index is -0.856. The number of thiazole rings is 1. The van der Waals surface area contributed by atoms with Gasteiger partial charge in [0.2, 0.25) is 5.91 Å². The smallest absolute Gasteiger partial charge is 0.320 e. The Bertz CT molecular complexity index is 460. The third-order valence-corrected chi connectivity index (χ3v) is 3.74. The lowest BCUT2D eigenvalue weighted by molar-refractivity contribution is -0.142. The van der Waals surface area contributed by atoms with Crippen molar-refractivity contribution in [2.45, 2.75) is 25.8 Å². The molecule has 0 radical (unpaired) electrons. The summed E-state index contributed by atoms with van der Waals surface area (Å²) >= 11 is 1.36. The van der Waals surface area contributed by atoms with Gasteiger partial charge >= 0.3 is 5.97 Å². The van der Waals surface area contributed by atoms with Crippen LogP contribution in [-0.2, 0) is 9.59 Å². The molecule has 98 valence electrons. The van der Waals surface area contributed by atoms with Gasteiger partial charge in [-0.3, -0.25) is 14.5 Å². The van der Waals surface area contributed by atoms with E-state index < -0.39 is 12.0 Å². The fraction of sp³-hybridized carbons (Fsp3) is 0.545. The van der Waals surface area contributed by atoms with Crippen LogP contribution in [-0.4, -0.2) is 46.0 Å². The first-order chi connectivity index (χ1) is 8.56. The van der Waals surface area contributed by atoms with Crippen molar-refractivity contribution >= 4 is 28.3 Å². The average molecular weight is 269 g/mol. The Balaban J connectivity index is 1.89. The number of aryl methyl sites for hydroxylation is 1. The van der Waals surface area contributed by atoms with Gasteiger partial charge in [0.25, 0.3) is 0 Å². The van der Waals surface area contributed by atoms with E-state index in [4.69, 9.17) is 5.11 Å². The minimum Gasteiger partial charge on any atom is -0.480 e. The summed E-state index contributed by atoms with van der Waals surface area (Å²) in [5.74, 6) is -1.07. The topological polar surface area (TPSA) is 82.5 Å². The monoisotopic (exact) mass is 269 g/mol. The van der Waals surface area contributed by atoms with Crippen molar-refractivity contribution in [1.82, 2.24) is 9.88 Å². The van der Waals surface area contributed by atoms with Crippen LogP contribution in [0.3, 0.4) is 0 Å². The second-order valence-electron chi connectivity index (χ2n) is 4.31. The molecule has 0 aromatic carbocycles. The van der Waals surface area contributed by atoms with Crippen LogP contribution in [0.4, 0.5) is 5.13 Å². The highest BCUT2D eigenvalue weighted by molar-refractivity contribution is 7.13. The third-order valence-electron chi connectivity index (χ3n) is 2.86. The van der Waals surface area contributed by atoms with E-state index in [1.54, 1.807) is 4.90 Å². The molecule has 2 N–H and O–H groups in total. The summed E-state index contributed by atoms with van der Waals surface area (Å²) in [7, 11) is 0. The predicted octanol–water partition coefficient (Wildman–Crippen LogP) is 0.939. The molecule has 1 saturated heterocycles. The van der Waals surface area contributed by atoms with Gasteiger partial charge in [-0.2, -0.15) is 0 Å². The molecule has 0 saturated carbocycles. The molecule has 0 aliphatic carbocycles. The number of nitrogens with one attached hydrogen (secondary N) is 1. The second-order valence-corrected chi connectivity index (χ2v) is 5.17. The van der Waals surface area contributed by atoms with Crippen LogP contribution in [0.15, 0.2) is 5.38 Å². The summed E-state index contributed by atoms with van der Waals surface area (Å²) in [4.78, 5) is 28.6. The minimum absolute atomic E-state index is 0.107. The highest BCUT2D eigenvalue weighted by Gasteiger charge is 2.31. The van der Waals surface area contributed by atoms with E-state index in [9.17, 15) is 9.59 Å². The van der Waals surface area contributed by atoms with Gasteiger partial charge in [-0.05, 0) is 26.3 Å². The lowest BCUT2D eigenvalue weighted by atomic mass is 10.2. The first kappa shape index (κ1) is 13.0. The Kier molecular flexibility index (Phi) is 3.93. The second kappa shape index (κ2) is 5.45. The number of likely N-dealkylation sites (tertiary alicyclic amines) is 1. The molecule has 1 atom stereocenters. The Morgan fingerprint density at radius 2 is 2.44 bits per heavy atom. The first-order valence-electron chi connectivity index (χ1n) is 5.75. The molecule has 18 heavy (non-hydrogen) atoms. The van der Waals surface area contributed by atoms with Crippen LogP contribution in [0, 0.1) is 6.92 Å². The van der Waals surface area contributed by atoms with E-state index in [-0.39, 0.29) is 12.5 Å². The summed E-state index contributed by atoms with van der Waals surface area (Å²) in [6.45, 7) is 2.62. The molecule has 1 aliphatic rings. The average Bonchev–Trinajstić information content (AvgIpc) is 2.87. The van der Waals surface area contributed by atoms with Crippen molar-refractivity contribution < 1.29 is 14.7 Å². The zero-order valence-electron chi connectivity index (χ0n) is 10.0. The van der Waals surface area contributed by atoms with Gasteiger partial charge < -0.3 is 10.4 Å². The SMILES string of the molecule is Cc1csc(NC(=O)CN2CCC[C@H]2C(=O)O)n1. The number of amides is 1. The molecule has 0 bridgehead atoms. The van der Waals surface area contributed by atoms with Gasteiger partial charge in [0.15, 0.2) is 5.13 Å². The highest BCUT2D eigenvalue weighted by atomic mass is 32.1. The summed E-state index contributed by atoms with van der Waals surface area (Å²) in [5.41, 5.74) is 0.861. The maximum atomic E-state index is 11.8. The molecule has 7 heteroatoms. The van der Waals surface area contributed by atoms with Crippen LogP contribution in [0.5, 0.6) is 0 Å². The van der Waals surface area contributed by atoms with Crippen molar-refractivity contribution in [3.8, 4) is 0 Å². The van der Waals surface area contributed by atoms with Crippen molar-refractivity contribution in [2.75, 3.05) is 18.4 Å². The molecule has 6 nitrogen and oxygen atoms in total. The van der Waals surface area contributed by atoms with Crippen molar-refractivity contribution in [2.24, 2.45) is 0 Å². The normalized spacial score (nSPS) is 19.9. The number of aromatic nitrogens is 1. The molecular formula is C11H15N3O3S. The fourth-order valence-corrected chi connectivity index (χ4v) is 2.75. The number of anilines is 1. The van der Waals surface area contributed by atoms with Crippen molar-refractivity contribution in [3.05, 3.63) is 11.1 Å².